The summed E-state index contributed by atoms with van der Waals surface area (Å²) in [7, 11) is 0. The van der Waals surface area contributed by atoms with Crippen LogP contribution < -0.4 is 5.32 Å². The van der Waals surface area contributed by atoms with Crippen LogP contribution in [0, 0.1) is 0 Å². The Bertz CT molecular complexity index is 452. The molecule has 1 heterocycles. The van der Waals surface area contributed by atoms with Gasteiger partial charge in [0.15, 0.2) is 0 Å². The van der Waals surface area contributed by atoms with Crippen molar-refractivity contribution < 1.29 is 23.9 Å². The van der Waals surface area contributed by atoms with Gasteiger partial charge in [0.05, 0.1) is 0 Å². The fourth-order valence-electron chi connectivity index (χ4n) is 1.86. The number of carbonyl (C=O) groups excluding carboxylic acids is 3. The molecular formula is C13H15NO5. The van der Waals surface area contributed by atoms with Crippen LogP contribution in [-0.4, -0.2) is 30.7 Å². The van der Waals surface area contributed by atoms with Gasteiger partial charge in [0, 0.05) is 6.42 Å². The number of hydrogen-bond donors (Lipinski definition) is 1. The van der Waals surface area contributed by atoms with E-state index in [0.29, 0.717) is 0 Å². The highest BCUT2D eigenvalue weighted by atomic mass is 16.6. The van der Waals surface area contributed by atoms with Crippen LogP contribution in [0.3, 0.4) is 0 Å². The molecule has 0 spiro atoms. The summed E-state index contributed by atoms with van der Waals surface area (Å²) in [5, 5.41) is 2.32. The molecule has 2 aliphatic rings. The number of nitrogens with one attached hydrogen (secondary N) is 1. The number of ether oxygens (including phenoxy) is 2. The first-order valence-corrected chi connectivity index (χ1v) is 6.18. The highest BCUT2D eigenvalue weighted by molar-refractivity contribution is 5.95. The van der Waals surface area contributed by atoms with Gasteiger partial charge in [0.1, 0.15) is 12.6 Å². The Morgan fingerprint density at radius 3 is 2.89 bits per heavy atom. The summed E-state index contributed by atoms with van der Waals surface area (Å²) in [6.45, 7) is 0.247. The average molecular weight is 265 g/mol. The number of rotatable bonds is 5. The van der Waals surface area contributed by atoms with Gasteiger partial charge in [-0.3, -0.25) is 4.79 Å². The molecule has 0 unspecified atom stereocenters. The van der Waals surface area contributed by atoms with E-state index in [1.807, 2.05) is 18.2 Å². The van der Waals surface area contributed by atoms with Gasteiger partial charge in [-0.25, -0.2) is 9.59 Å². The quantitative estimate of drug-likeness (QED) is 0.597. The third-order valence-electron chi connectivity index (χ3n) is 2.88. The third-order valence-corrected chi connectivity index (χ3v) is 2.88. The summed E-state index contributed by atoms with van der Waals surface area (Å²) in [4.78, 5) is 33.4. The molecule has 2 rings (SSSR count). The Morgan fingerprint density at radius 2 is 2.26 bits per heavy atom. The fourth-order valence-corrected chi connectivity index (χ4v) is 1.86. The van der Waals surface area contributed by atoms with Gasteiger partial charge >= 0.3 is 18.0 Å². The minimum absolute atomic E-state index is 0.0665. The van der Waals surface area contributed by atoms with Crippen molar-refractivity contribution in [3.05, 3.63) is 23.8 Å². The zero-order valence-corrected chi connectivity index (χ0v) is 10.4. The predicted octanol–water partition coefficient (Wildman–Crippen LogP) is 1.22. The van der Waals surface area contributed by atoms with Crippen molar-refractivity contribution in [3.8, 4) is 0 Å². The van der Waals surface area contributed by atoms with Crippen LogP contribution in [0.15, 0.2) is 23.8 Å². The highest BCUT2D eigenvalue weighted by Crippen LogP contribution is 2.11. The van der Waals surface area contributed by atoms with E-state index < -0.39 is 24.1 Å². The largest absolute Gasteiger partial charge is 0.461 e. The molecule has 1 aliphatic carbocycles. The van der Waals surface area contributed by atoms with E-state index in [1.54, 1.807) is 0 Å². The number of amides is 1. The molecular weight excluding hydrogens is 250 g/mol. The number of hydrogen-bond acceptors (Lipinski definition) is 5. The van der Waals surface area contributed by atoms with Crippen molar-refractivity contribution in [2.45, 2.75) is 31.7 Å². The Morgan fingerprint density at radius 1 is 1.42 bits per heavy atom. The fraction of sp³-hybridized carbons (Fsp3) is 0.462. The topological polar surface area (TPSA) is 81.7 Å². The lowest BCUT2D eigenvalue weighted by Gasteiger charge is -2.09. The Kier molecular flexibility index (Phi) is 4.33. The lowest BCUT2D eigenvalue weighted by atomic mass is 10.1. The minimum atomic E-state index is -0.763. The van der Waals surface area contributed by atoms with Crippen molar-refractivity contribution in [1.29, 1.82) is 0 Å². The molecule has 0 radical (unpaired) electrons. The lowest BCUT2D eigenvalue weighted by molar-refractivity contribution is -0.143. The summed E-state index contributed by atoms with van der Waals surface area (Å²) >= 11 is 0. The van der Waals surface area contributed by atoms with Crippen molar-refractivity contribution in [3.63, 3.8) is 0 Å². The maximum atomic E-state index is 11.5. The molecule has 0 bridgehead atoms. The van der Waals surface area contributed by atoms with Gasteiger partial charge in [0.2, 0.25) is 0 Å². The molecule has 102 valence electrons. The van der Waals surface area contributed by atoms with Gasteiger partial charge in [-0.2, -0.15) is 0 Å². The van der Waals surface area contributed by atoms with Crippen LogP contribution in [0.25, 0.3) is 0 Å². The number of esters is 2. The molecule has 1 fully saturated rings. The molecule has 1 N–H and O–H groups in total. The summed E-state index contributed by atoms with van der Waals surface area (Å²) < 4.78 is 9.38. The standard InChI is InChI=1S/C13H15NO5/c15-11(18-8-9-4-2-1-3-5-9)7-6-10-12(16)19-13(17)14-10/h2,4-5,10H,1,3,6-8H2,(H,14,17)/t10-/m0/s1. The van der Waals surface area contributed by atoms with E-state index in [2.05, 4.69) is 10.1 Å². The molecule has 0 saturated carbocycles. The Labute approximate surface area is 110 Å². The van der Waals surface area contributed by atoms with Crippen LogP contribution in [-0.2, 0) is 19.1 Å². The third kappa shape index (κ3) is 3.94. The second-order valence-corrected chi connectivity index (χ2v) is 4.36. The minimum Gasteiger partial charge on any atom is -0.461 e. The van der Waals surface area contributed by atoms with Crippen molar-refractivity contribution in [2.75, 3.05) is 6.61 Å². The van der Waals surface area contributed by atoms with Crippen molar-refractivity contribution in [2.24, 2.45) is 0 Å². The number of alkyl carbamates (subject to hydrolysis) is 1. The molecule has 1 atom stereocenters. The van der Waals surface area contributed by atoms with Crippen LogP contribution in [0.2, 0.25) is 0 Å². The number of cyclic esters (lactones) is 2. The zero-order valence-electron chi connectivity index (χ0n) is 10.4. The summed E-state index contributed by atoms with van der Waals surface area (Å²) in [5.74, 6) is -1.04. The van der Waals surface area contributed by atoms with E-state index in [1.165, 1.54) is 0 Å². The first-order valence-electron chi connectivity index (χ1n) is 6.18. The van der Waals surface area contributed by atoms with Gasteiger partial charge in [-0.1, -0.05) is 18.2 Å². The molecule has 1 amide bonds. The molecule has 19 heavy (non-hydrogen) atoms. The predicted molar refractivity (Wildman–Crippen MR) is 65.1 cm³/mol. The van der Waals surface area contributed by atoms with E-state index in [9.17, 15) is 14.4 Å². The van der Waals surface area contributed by atoms with Gasteiger partial charge in [-0.15, -0.1) is 0 Å². The van der Waals surface area contributed by atoms with Crippen molar-refractivity contribution in [1.82, 2.24) is 5.32 Å². The smallest absolute Gasteiger partial charge is 0.415 e. The SMILES string of the molecule is O=C(CC[C@@H]1NC(=O)OC1=O)OCC1=CCCC=C1. The zero-order chi connectivity index (χ0) is 13.7. The molecule has 6 nitrogen and oxygen atoms in total. The van der Waals surface area contributed by atoms with Crippen LogP contribution in [0.4, 0.5) is 4.79 Å². The van der Waals surface area contributed by atoms with Gasteiger partial charge < -0.3 is 14.8 Å². The monoisotopic (exact) mass is 265 g/mol. The van der Waals surface area contributed by atoms with Gasteiger partial charge in [0.25, 0.3) is 0 Å². The van der Waals surface area contributed by atoms with Crippen LogP contribution in [0.5, 0.6) is 0 Å². The van der Waals surface area contributed by atoms with Crippen molar-refractivity contribution >= 4 is 18.0 Å². The van der Waals surface area contributed by atoms with Gasteiger partial charge in [-0.05, 0) is 24.8 Å². The highest BCUT2D eigenvalue weighted by Gasteiger charge is 2.32. The molecule has 1 saturated heterocycles. The molecule has 6 heteroatoms. The first kappa shape index (κ1) is 13.3. The normalized spacial score (nSPS) is 21.7. The van der Waals surface area contributed by atoms with E-state index in [-0.39, 0.29) is 19.4 Å². The maximum Gasteiger partial charge on any atom is 0.415 e. The second-order valence-electron chi connectivity index (χ2n) is 4.36. The second kappa shape index (κ2) is 6.17. The molecule has 0 aromatic rings. The summed E-state index contributed by atoms with van der Waals surface area (Å²) in [6.07, 6.45) is 7.47. The lowest BCUT2D eigenvalue weighted by Crippen LogP contribution is -2.29. The molecule has 0 aromatic carbocycles. The summed E-state index contributed by atoms with van der Waals surface area (Å²) in [5.41, 5.74) is 0.980. The van der Waals surface area contributed by atoms with E-state index >= 15 is 0 Å². The molecule has 0 aromatic heterocycles. The number of allylic oxidation sites excluding steroid dienone is 2. The molecule has 1 aliphatic heterocycles. The number of carbonyl (C=O) groups is 3. The van der Waals surface area contributed by atoms with Crippen LogP contribution >= 0.6 is 0 Å². The van der Waals surface area contributed by atoms with E-state index in [0.717, 1.165) is 18.4 Å². The van der Waals surface area contributed by atoms with E-state index in [4.69, 9.17) is 4.74 Å². The maximum absolute atomic E-state index is 11.5. The average Bonchev–Trinajstić information content (AvgIpc) is 2.73. The van der Waals surface area contributed by atoms with Crippen LogP contribution in [0.1, 0.15) is 25.7 Å². The summed E-state index contributed by atoms with van der Waals surface area (Å²) in [6, 6.07) is -0.742. The Balaban J connectivity index is 1.67. The Hall–Kier alpha value is -2.11. The first-order chi connectivity index (χ1) is 9.15.